The van der Waals surface area contributed by atoms with Gasteiger partial charge in [-0.05, 0) is 27.7 Å². The van der Waals surface area contributed by atoms with Crippen molar-refractivity contribution >= 4 is 29.1 Å². The Kier molecular flexibility index (Phi) is 5.41. The van der Waals surface area contributed by atoms with Gasteiger partial charge in [0.1, 0.15) is 18.0 Å². The summed E-state index contributed by atoms with van der Waals surface area (Å²) < 4.78 is 7.35. The first-order valence-electron chi connectivity index (χ1n) is 7.54. The van der Waals surface area contributed by atoms with Gasteiger partial charge in [0.25, 0.3) is 5.91 Å². The number of hydrogen-bond acceptors (Lipinski definition) is 7. The maximum atomic E-state index is 12.3. The van der Waals surface area contributed by atoms with E-state index in [4.69, 9.17) is 16.3 Å². The molecule has 2 aromatic heterocycles. The molecule has 25 heavy (non-hydrogen) atoms. The molecule has 2 aromatic rings. The van der Waals surface area contributed by atoms with E-state index in [0.29, 0.717) is 0 Å². The molecule has 0 fully saturated rings. The second kappa shape index (κ2) is 7.18. The van der Waals surface area contributed by atoms with Gasteiger partial charge in [-0.15, -0.1) is 16.7 Å². The molecule has 0 aromatic carbocycles. The Morgan fingerprint density at radius 1 is 1.40 bits per heavy atom. The van der Waals surface area contributed by atoms with E-state index in [1.807, 2.05) is 0 Å². The lowest BCUT2D eigenvalue weighted by Gasteiger charge is -2.22. The smallest absolute Gasteiger partial charge is 0.353 e. The summed E-state index contributed by atoms with van der Waals surface area (Å²) in [7, 11) is 0. The predicted molar refractivity (Wildman–Crippen MR) is 88.5 cm³/mol. The summed E-state index contributed by atoms with van der Waals surface area (Å²) in [6.07, 6.45) is 1.17. The highest BCUT2D eigenvalue weighted by Crippen LogP contribution is 2.09. The zero-order valence-corrected chi connectivity index (χ0v) is 15.1. The number of aryl methyl sites for hydroxylation is 1. The molecule has 0 saturated heterocycles. The van der Waals surface area contributed by atoms with Crippen LogP contribution in [0.15, 0.2) is 11.1 Å². The van der Waals surface area contributed by atoms with Gasteiger partial charge in [-0.1, -0.05) is 5.21 Å². The first-order valence-corrected chi connectivity index (χ1v) is 8.08. The van der Waals surface area contributed by atoms with Crippen LogP contribution in [0.3, 0.4) is 0 Å². The minimum Gasteiger partial charge on any atom is -0.458 e. The molecule has 0 spiro atoms. The molecule has 2 heterocycles. The summed E-state index contributed by atoms with van der Waals surface area (Å²) in [6, 6.07) is -0.895. The number of hydrogen-bond donors (Lipinski definition) is 1. The number of fused-ring (bicyclic) bond motifs is 1. The number of carbonyl (C=O) groups is 2. The summed E-state index contributed by atoms with van der Waals surface area (Å²) in [5.74, 6) is -1.06. The van der Waals surface area contributed by atoms with Gasteiger partial charge < -0.3 is 10.1 Å². The monoisotopic (exact) mass is 370 g/mol. The lowest BCUT2D eigenvalue weighted by atomic mass is 10.2. The van der Waals surface area contributed by atoms with Crippen molar-refractivity contribution in [1.29, 1.82) is 0 Å². The van der Waals surface area contributed by atoms with Crippen molar-refractivity contribution in [3.05, 3.63) is 22.5 Å². The SMILES string of the molecule is C[C@H](NC(=O)c1ncn2c(=O)n(CCCl)nnc12)C(=O)OC(C)(C)C. The fourth-order valence-electron chi connectivity index (χ4n) is 1.93. The number of aromatic nitrogens is 5. The molecule has 0 saturated carbocycles. The van der Waals surface area contributed by atoms with Gasteiger partial charge in [-0.3, -0.25) is 4.79 Å². The quantitative estimate of drug-likeness (QED) is 0.580. The van der Waals surface area contributed by atoms with Gasteiger partial charge in [-0.25, -0.2) is 19.0 Å². The van der Waals surface area contributed by atoms with E-state index in [1.165, 1.54) is 13.3 Å². The Morgan fingerprint density at radius 3 is 2.68 bits per heavy atom. The number of carbonyl (C=O) groups excluding carboxylic acids is 2. The third kappa shape index (κ3) is 4.32. The topological polar surface area (TPSA) is 120 Å². The molecule has 0 bridgehead atoms. The van der Waals surface area contributed by atoms with E-state index < -0.39 is 29.2 Å². The summed E-state index contributed by atoms with van der Waals surface area (Å²) in [5, 5.41) is 10.0. The van der Waals surface area contributed by atoms with Crippen LogP contribution in [-0.4, -0.2) is 53.8 Å². The van der Waals surface area contributed by atoms with Crippen LogP contribution in [-0.2, 0) is 16.1 Å². The van der Waals surface area contributed by atoms with Crippen LogP contribution in [0.25, 0.3) is 5.65 Å². The number of alkyl halides is 1. The molecule has 1 amide bonds. The Morgan fingerprint density at radius 2 is 2.08 bits per heavy atom. The number of nitrogens with one attached hydrogen (secondary N) is 1. The van der Waals surface area contributed by atoms with E-state index in [9.17, 15) is 14.4 Å². The van der Waals surface area contributed by atoms with Crippen molar-refractivity contribution in [2.45, 2.75) is 45.9 Å². The highest BCUT2D eigenvalue weighted by atomic mass is 35.5. The molecule has 10 nitrogen and oxygen atoms in total. The maximum absolute atomic E-state index is 12.3. The molecule has 2 rings (SSSR count). The van der Waals surface area contributed by atoms with Gasteiger partial charge in [0.2, 0.25) is 0 Å². The van der Waals surface area contributed by atoms with Crippen molar-refractivity contribution in [3.8, 4) is 0 Å². The zero-order chi connectivity index (χ0) is 18.8. The van der Waals surface area contributed by atoms with E-state index in [2.05, 4.69) is 20.6 Å². The number of halogens is 1. The maximum Gasteiger partial charge on any atom is 0.353 e. The van der Waals surface area contributed by atoms with E-state index in [-0.39, 0.29) is 23.8 Å². The van der Waals surface area contributed by atoms with Gasteiger partial charge in [0, 0.05) is 5.88 Å². The average molecular weight is 371 g/mol. The Hall–Kier alpha value is -2.49. The zero-order valence-electron chi connectivity index (χ0n) is 14.3. The summed E-state index contributed by atoms with van der Waals surface area (Å²) in [4.78, 5) is 40.3. The molecule has 0 aliphatic carbocycles. The van der Waals surface area contributed by atoms with Crippen LogP contribution in [0.2, 0.25) is 0 Å². The van der Waals surface area contributed by atoms with Gasteiger partial charge in [0.05, 0.1) is 6.54 Å². The number of nitrogens with zero attached hydrogens (tertiary/aromatic N) is 5. The van der Waals surface area contributed by atoms with Crippen LogP contribution >= 0.6 is 11.6 Å². The molecule has 1 atom stereocenters. The van der Waals surface area contributed by atoms with Crippen molar-refractivity contribution < 1.29 is 14.3 Å². The Bertz CT molecular complexity index is 853. The highest BCUT2D eigenvalue weighted by molar-refractivity contribution is 6.17. The molecule has 136 valence electrons. The van der Waals surface area contributed by atoms with Crippen molar-refractivity contribution in [2.75, 3.05) is 5.88 Å². The van der Waals surface area contributed by atoms with Gasteiger partial charge in [0.15, 0.2) is 11.3 Å². The number of ether oxygens (including phenoxy) is 1. The van der Waals surface area contributed by atoms with Crippen LogP contribution in [0.5, 0.6) is 0 Å². The van der Waals surface area contributed by atoms with Crippen LogP contribution < -0.4 is 11.0 Å². The summed E-state index contributed by atoms with van der Waals surface area (Å²) in [6.45, 7) is 6.85. The molecule has 11 heteroatoms. The standard InChI is InChI=1S/C14H19ClN6O4/c1-8(12(23)25-14(2,3)4)17-11(22)9-10-18-19-21(6-5-15)13(24)20(10)7-16-9/h7-8H,5-6H2,1-4H3,(H,17,22)/t8-/m0/s1. The lowest BCUT2D eigenvalue weighted by Crippen LogP contribution is -2.42. The minimum atomic E-state index is -0.895. The second-order valence-corrected chi connectivity index (χ2v) is 6.68. The van der Waals surface area contributed by atoms with Crippen LogP contribution in [0.1, 0.15) is 38.2 Å². The van der Waals surface area contributed by atoms with Crippen molar-refractivity contribution in [3.63, 3.8) is 0 Å². The fraction of sp³-hybridized carbons (Fsp3) is 0.571. The van der Waals surface area contributed by atoms with E-state index in [1.54, 1.807) is 20.8 Å². The molecule has 0 unspecified atom stereocenters. The first kappa shape index (κ1) is 18.8. The lowest BCUT2D eigenvalue weighted by molar-refractivity contribution is -0.156. The first-order chi connectivity index (χ1) is 11.6. The largest absolute Gasteiger partial charge is 0.458 e. The molecule has 0 radical (unpaired) electrons. The molecule has 1 N–H and O–H groups in total. The summed E-state index contributed by atoms with van der Waals surface area (Å²) in [5.41, 5.74) is -1.31. The Labute approximate surface area is 148 Å². The van der Waals surface area contributed by atoms with E-state index in [0.717, 1.165) is 9.08 Å². The van der Waals surface area contributed by atoms with E-state index >= 15 is 0 Å². The third-order valence-corrected chi connectivity index (χ3v) is 3.20. The normalized spacial score (nSPS) is 12.8. The number of esters is 1. The molecular formula is C14H19ClN6O4. The molecule has 0 aliphatic rings. The number of rotatable bonds is 5. The Balaban J connectivity index is 2.21. The minimum absolute atomic E-state index is 0.00953. The van der Waals surface area contributed by atoms with Gasteiger partial charge in [-0.2, -0.15) is 4.68 Å². The molecule has 0 aliphatic heterocycles. The van der Waals surface area contributed by atoms with Crippen LogP contribution in [0.4, 0.5) is 0 Å². The van der Waals surface area contributed by atoms with Crippen molar-refractivity contribution in [1.82, 2.24) is 29.7 Å². The van der Waals surface area contributed by atoms with Crippen LogP contribution in [0, 0.1) is 0 Å². The fourth-order valence-corrected chi connectivity index (χ4v) is 2.09. The third-order valence-electron chi connectivity index (χ3n) is 3.04. The second-order valence-electron chi connectivity index (χ2n) is 6.30. The summed E-state index contributed by atoms with van der Waals surface area (Å²) >= 11 is 5.59. The average Bonchev–Trinajstić information content (AvgIpc) is 2.93. The van der Waals surface area contributed by atoms with Gasteiger partial charge >= 0.3 is 11.7 Å². The number of amides is 1. The van der Waals surface area contributed by atoms with Crippen molar-refractivity contribution in [2.24, 2.45) is 0 Å². The number of imidazole rings is 1. The predicted octanol–water partition coefficient (Wildman–Crippen LogP) is -0.0152. The highest BCUT2D eigenvalue weighted by Gasteiger charge is 2.25. The molecular weight excluding hydrogens is 352 g/mol.